The summed E-state index contributed by atoms with van der Waals surface area (Å²) in [6.07, 6.45) is 1.20. The Morgan fingerprint density at radius 1 is 1.13 bits per heavy atom. The molecule has 1 saturated heterocycles. The van der Waals surface area contributed by atoms with Gasteiger partial charge in [-0.1, -0.05) is 29.8 Å². The number of anilines is 1. The van der Waals surface area contributed by atoms with Crippen molar-refractivity contribution in [2.45, 2.75) is 19.0 Å². The molecule has 1 unspecified atom stereocenters. The molecule has 3 amide bonds. The van der Waals surface area contributed by atoms with Crippen LogP contribution < -0.4 is 4.90 Å². The van der Waals surface area contributed by atoms with Crippen molar-refractivity contribution in [2.75, 3.05) is 4.90 Å². The maximum absolute atomic E-state index is 13.2. The molecule has 4 rings (SSSR count). The number of halogens is 1. The molecule has 1 aliphatic heterocycles. The third kappa shape index (κ3) is 3.93. The Bertz CT molecular complexity index is 1180. The summed E-state index contributed by atoms with van der Waals surface area (Å²) < 4.78 is 5.24. The lowest BCUT2D eigenvalue weighted by Gasteiger charge is -2.27. The van der Waals surface area contributed by atoms with Crippen molar-refractivity contribution in [3.8, 4) is 6.07 Å². The topological polar surface area (TPSA) is 94.6 Å². The van der Waals surface area contributed by atoms with Crippen LogP contribution in [0.15, 0.2) is 71.3 Å². The molecule has 3 aromatic rings. The number of furan rings is 1. The number of nitriles is 1. The number of hydrogen-bond acceptors (Lipinski definition) is 5. The van der Waals surface area contributed by atoms with Crippen LogP contribution in [0.1, 0.15) is 28.1 Å². The van der Waals surface area contributed by atoms with Gasteiger partial charge in [-0.2, -0.15) is 5.26 Å². The smallest absolute Gasteiger partial charge is 0.290 e. The molecule has 8 heteroatoms. The van der Waals surface area contributed by atoms with Crippen molar-refractivity contribution in [2.24, 2.45) is 0 Å². The van der Waals surface area contributed by atoms with E-state index in [1.54, 1.807) is 30.3 Å². The Kier molecular flexibility index (Phi) is 5.56. The third-order valence-corrected chi connectivity index (χ3v) is 5.41. The molecule has 31 heavy (non-hydrogen) atoms. The molecule has 0 saturated carbocycles. The number of nitrogens with zero attached hydrogens (tertiary/aromatic N) is 3. The zero-order chi connectivity index (χ0) is 22.0. The van der Waals surface area contributed by atoms with Crippen molar-refractivity contribution in [3.63, 3.8) is 0 Å². The first kappa shape index (κ1) is 20.4. The average molecular weight is 434 g/mol. The van der Waals surface area contributed by atoms with Gasteiger partial charge in [0.2, 0.25) is 5.91 Å². The summed E-state index contributed by atoms with van der Waals surface area (Å²) >= 11 is 6.27. The van der Waals surface area contributed by atoms with E-state index < -0.39 is 23.8 Å². The maximum atomic E-state index is 13.2. The Balaban J connectivity index is 1.68. The number of benzene rings is 2. The summed E-state index contributed by atoms with van der Waals surface area (Å²) in [6.45, 7) is 0.0318. The van der Waals surface area contributed by atoms with Crippen molar-refractivity contribution in [3.05, 3.63) is 88.8 Å². The van der Waals surface area contributed by atoms with Gasteiger partial charge in [0, 0.05) is 11.6 Å². The van der Waals surface area contributed by atoms with Crippen LogP contribution in [0.25, 0.3) is 0 Å². The molecule has 1 aliphatic rings. The average Bonchev–Trinajstić information content (AvgIpc) is 3.41. The minimum Gasteiger partial charge on any atom is -0.459 e. The van der Waals surface area contributed by atoms with Crippen molar-refractivity contribution in [1.29, 1.82) is 5.26 Å². The summed E-state index contributed by atoms with van der Waals surface area (Å²) in [5.74, 6) is -1.42. The zero-order valence-electron chi connectivity index (χ0n) is 16.2. The number of imide groups is 1. The molecule has 0 aliphatic carbocycles. The molecule has 1 fully saturated rings. The predicted molar refractivity (Wildman–Crippen MR) is 112 cm³/mol. The summed E-state index contributed by atoms with van der Waals surface area (Å²) in [5, 5.41) is 9.41. The highest BCUT2D eigenvalue weighted by molar-refractivity contribution is 6.31. The number of carbonyl (C=O) groups excluding carboxylic acids is 3. The Morgan fingerprint density at radius 2 is 1.87 bits per heavy atom. The second-order valence-electron chi connectivity index (χ2n) is 6.95. The monoisotopic (exact) mass is 433 g/mol. The summed E-state index contributed by atoms with van der Waals surface area (Å²) in [4.78, 5) is 41.5. The van der Waals surface area contributed by atoms with Gasteiger partial charge in [0.1, 0.15) is 6.04 Å². The third-order valence-electron chi connectivity index (χ3n) is 5.04. The van der Waals surface area contributed by atoms with Gasteiger partial charge in [-0.15, -0.1) is 0 Å². The van der Waals surface area contributed by atoms with E-state index in [1.165, 1.54) is 41.5 Å². The highest BCUT2D eigenvalue weighted by Crippen LogP contribution is 2.29. The highest BCUT2D eigenvalue weighted by Gasteiger charge is 2.45. The fourth-order valence-corrected chi connectivity index (χ4v) is 3.69. The normalized spacial score (nSPS) is 15.7. The van der Waals surface area contributed by atoms with Crippen molar-refractivity contribution < 1.29 is 18.8 Å². The quantitative estimate of drug-likeness (QED) is 0.571. The standard InChI is InChI=1S/C23H16ClN3O4/c24-18-5-2-1-4-16(18)14-26(23(30)20-6-3-11-31-20)19-12-21(28)27(22(19)29)17-9-7-15(13-25)8-10-17/h1-11,19H,12,14H2. The molecule has 0 radical (unpaired) electrons. The SMILES string of the molecule is N#Cc1ccc(N2C(=O)CC(N(Cc3ccccc3Cl)C(=O)c3ccco3)C2=O)cc1. The first-order valence-corrected chi connectivity index (χ1v) is 9.82. The minimum atomic E-state index is -1.02. The molecule has 2 heterocycles. The maximum Gasteiger partial charge on any atom is 0.290 e. The van der Waals surface area contributed by atoms with Gasteiger partial charge < -0.3 is 9.32 Å². The van der Waals surface area contributed by atoms with E-state index in [9.17, 15) is 14.4 Å². The first-order valence-electron chi connectivity index (χ1n) is 9.44. The molecule has 1 aromatic heterocycles. The molecule has 7 nitrogen and oxygen atoms in total. The lowest BCUT2D eigenvalue weighted by atomic mass is 10.1. The van der Waals surface area contributed by atoms with Gasteiger partial charge in [-0.05, 0) is 48.0 Å². The van der Waals surface area contributed by atoms with Gasteiger partial charge in [-0.3, -0.25) is 14.4 Å². The van der Waals surface area contributed by atoms with Crippen LogP contribution in [0.2, 0.25) is 5.02 Å². The van der Waals surface area contributed by atoms with Crippen molar-refractivity contribution in [1.82, 2.24) is 4.90 Å². The van der Waals surface area contributed by atoms with E-state index in [1.807, 2.05) is 6.07 Å². The van der Waals surface area contributed by atoms with Crippen LogP contribution in [0.3, 0.4) is 0 Å². The number of hydrogen-bond donors (Lipinski definition) is 0. The van der Waals surface area contributed by atoms with Crippen LogP contribution in [0.5, 0.6) is 0 Å². The highest BCUT2D eigenvalue weighted by atomic mass is 35.5. The molecular formula is C23H16ClN3O4. The fraction of sp³-hybridized carbons (Fsp3) is 0.130. The summed E-state index contributed by atoms with van der Waals surface area (Å²) in [7, 11) is 0. The fourth-order valence-electron chi connectivity index (χ4n) is 3.49. The lowest BCUT2D eigenvalue weighted by molar-refractivity contribution is -0.122. The first-order chi connectivity index (χ1) is 15.0. The second-order valence-corrected chi connectivity index (χ2v) is 7.35. The number of amides is 3. The van der Waals surface area contributed by atoms with Gasteiger partial charge >= 0.3 is 0 Å². The van der Waals surface area contributed by atoms with Gasteiger partial charge in [0.05, 0.1) is 30.0 Å². The van der Waals surface area contributed by atoms with E-state index in [4.69, 9.17) is 21.3 Å². The van der Waals surface area contributed by atoms with Gasteiger partial charge in [0.25, 0.3) is 11.8 Å². The Hall–Kier alpha value is -3.89. The van der Waals surface area contributed by atoms with Crippen LogP contribution in [0.4, 0.5) is 5.69 Å². The van der Waals surface area contributed by atoms with Gasteiger partial charge in [-0.25, -0.2) is 4.90 Å². The zero-order valence-corrected chi connectivity index (χ0v) is 17.0. The van der Waals surface area contributed by atoms with Crippen molar-refractivity contribution >= 4 is 35.0 Å². The molecule has 1 atom stereocenters. The summed E-state index contributed by atoms with van der Waals surface area (Å²) in [6, 6.07) is 17.2. The van der Waals surface area contributed by atoms with Crippen LogP contribution in [-0.4, -0.2) is 28.7 Å². The summed E-state index contributed by atoms with van der Waals surface area (Å²) in [5.41, 5.74) is 1.40. The molecular weight excluding hydrogens is 418 g/mol. The van der Waals surface area contributed by atoms with Crippen LogP contribution in [0, 0.1) is 11.3 Å². The molecule has 0 spiro atoms. The predicted octanol–water partition coefficient (Wildman–Crippen LogP) is 3.78. The van der Waals surface area contributed by atoms with E-state index in [2.05, 4.69) is 0 Å². The second kappa shape index (κ2) is 8.46. The minimum absolute atomic E-state index is 0.0318. The largest absolute Gasteiger partial charge is 0.459 e. The number of rotatable bonds is 5. The Morgan fingerprint density at radius 3 is 2.52 bits per heavy atom. The Labute approximate surface area is 183 Å². The molecule has 2 aromatic carbocycles. The van der Waals surface area contributed by atoms with Gasteiger partial charge in [0.15, 0.2) is 5.76 Å². The van der Waals surface area contributed by atoms with E-state index in [-0.39, 0.29) is 18.7 Å². The van der Waals surface area contributed by atoms with Crippen LogP contribution >= 0.6 is 11.6 Å². The molecule has 0 bridgehead atoms. The molecule has 154 valence electrons. The van der Waals surface area contributed by atoms with E-state index >= 15 is 0 Å². The number of carbonyl (C=O) groups is 3. The molecule has 0 N–H and O–H groups in total. The lowest BCUT2D eigenvalue weighted by Crippen LogP contribution is -2.45. The van der Waals surface area contributed by atoms with E-state index in [0.717, 1.165) is 4.90 Å². The van der Waals surface area contributed by atoms with Crippen LogP contribution in [-0.2, 0) is 16.1 Å². The van der Waals surface area contributed by atoms with E-state index in [0.29, 0.717) is 21.8 Å².